The van der Waals surface area contributed by atoms with Crippen molar-refractivity contribution in [1.82, 2.24) is 9.88 Å². The summed E-state index contributed by atoms with van der Waals surface area (Å²) in [7, 11) is 1.51. The third-order valence-corrected chi connectivity index (χ3v) is 6.76. The number of pyridine rings is 1. The average molecular weight is 476 g/mol. The Balaban J connectivity index is 1.35. The number of aromatic amines is 1. The maximum atomic E-state index is 13.2. The fourth-order valence-corrected chi connectivity index (χ4v) is 4.82. The van der Waals surface area contributed by atoms with Gasteiger partial charge in [0.2, 0.25) is 0 Å². The molecular formula is C25H25N5O5. The van der Waals surface area contributed by atoms with Gasteiger partial charge in [0, 0.05) is 42.9 Å². The average Bonchev–Trinajstić information content (AvgIpc) is 2.87. The molecule has 0 saturated carbocycles. The molecule has 2 aromatic carbocycles. The highest BCUT2D eigenvalue weighted by atomic mass is 16.5. The highest BCUT2D eigenvalue weighted by Crippen LogP contribution is 2.40. The van der Waals surface area contributed by atoms with Gasteiger partial charge in [0.1, 0.15) is 28.6 Å². The number of methoxy groups -OCH3 is 1. The molecule has 1 fully saturated rings. The number of H-pyrrole nitrogens is 1. The minimum Gasteiger partial charge on any atom is -0.495 e. The van der Waals surface area contributed by atoms with E-state index in [0.29, 0.717) is 59.5 Å². The monoisotopic (exact) mass is 475 g/mol. The quantitative estimate of drug-likeness (QED) is 0.226. The fourth-order valence-electron chi connectivity index (χ4n) is 4.82. The Morgan fingerprint density at radius 1 is 1.17 bits per heavy atom. The number of fused-ring (bicyclic) bond motifs is 2. The van der Waals surface area contributed by atoms with E-state index in [-0.39, 0.29) is 35.1 Å². The van der Waals surface area contributed by atoms with Crippen LogP contribution < -0.4 is 26.5 Å². The van der Waals surface area contributed by atoms with Gasteiger partial charge in [-0.2, -0.15) is 5.10 Å². The number of nitrogens with zero attached hydrogens (tertiary/aromatic N) is 2. The van der Waals surface area contributed by atoms with Crippen molar-refractivity contribution in [3.8, 4) is 11.5 Å². The number of benzene rings is 2. The third-order valence-electron chi connectivity index (χ3n) is 6.76. The molecule has 3 heterocycles. The van der Waals surface area contributed by atoms with E-state index >= 15 is 0 Å². The van der Waals surface area contributed by atoms with Crippen LogP contribution in [0.2, 0.25) is 0 Å². The zero-order valence-electron chi connectivity index (χ0n) is 19.2. The molecule has 1 amide bonds. The minimum absolute atomic E-state index is 0.0522. The van der Waals surface area contributed by atoms with E-state index < -0.39 is 5.60 Å². The lowest BCUT2D eigenvalue weighted by atomic mass is 9.82. The number of carbonyl (C=O) groups excluding carboxylic acids is 2. The van der Waals surface area contributed by atoms with Gasteiger partial charge < -0.3 is 30.9 Å². The maximum absolute atomic E-state index is 13.2. The molecule has 2 aliphatic rings. The molecule has 0 radical (unpaired) electrons. The topological polar surface area (TPSA) is 153 Å². The van der Waals surface area contributed by atoms with E-state index in [9.17, 15) is 14.4 Å². The molecular weight excluding hydrogens is 450 g/mol. The predicted octanol–water partition coefficient (Wildman–Crippen LogP) is 1.76. The SMILES string of the molecule is COc1cccc2c(=O)cc(C(=O)N3CCC4(CC3)CC(=O)c3cc(C(N)=NN)ccc3O4)[nH]c12. The van der Waals surface area contributed by atoms with Crippen molar-refractivity contribution in [2.24, 2.45) is 16.7 Å². The van der Waals surface area contributed by atoms with Gasteiger partial charge in [-0.15, -0.1) is 0 Å². The summed E-state index contributed by atoms with van der Waals surface area (Å²) in [5.74, 6) is 6.02. The first-order valence-electron chi connectivity index (χ1n) is 11.2. The van der Waals surface area contributed by atoms with Crippen LogP contribution >= 0.6 is 0 Å². The molecule has 1 saturated heterocycles. The molecule has 1 aromatic heterocycles. The number of likely N-dealkylation sites (tertiary alicyclic amines) is 1. The zero-order chi connectivity index (χ0) is 24.7. The number of nitrogens with one attached hydrogen (secondary N) is 1. The molecule has 0 unspecified atom stereocenters. The van der Waals surface area contributed by atoms with Crippen LogP contribution in [0.15, 0.2) is 52.4 Å². The molecule has 180 valence electrons. The van der Waals surface area contributed by atoms with Gasteiger partial charge in [0.15, 0.2) is 11.2 Å². The van der Waals surface area contributed by atoms with E-state index in [0.717, 1.165) is 0 Å². The van der Waals surface area contributed by atoms with Gasteiger partial charge in [-0.3, -0.25) is 14.4 Å². The molecule has 0 atom stereocenters. The third kappa shape index (κ3) is 3.86. The van der Waals surface area contributed by atoms with Crippen LogP contribution in [-0.4, -0.2) is 53.2 Å². The van der Waals surface area contributed by atoms with E-state index in [2.05, 4.69) is 10.1 Å². The zero-order valence-corrected chi connectivity index (χ0v) is 19.2. The summed E-state index contributed by atoms with van der Waals surface area (Å²) in [5.41, 5.74) is 6.50. The van der Waals surface area contributed by atoms with Crippen LogP contribution in [0.1, 0.15) is 45.7 Å². The molecule has 0 bridgehead atoms. The van der Waals surface area contributed by atoms with Gasteiger partial charge in [-0.05, 0) is 30.3 Å². The van der Waals surface area contributed by atoms with E-state index in [1.807, 2.05) is 0 Å². The number of hydrogen-bond donors (Lipinski definition) is 3. The number of hydrazone groups is 1. The van der Waals surface area contributed by atoms with Crippen LogP contribution in [0.5, 0.6) is 11.5 Å². The molecule has 5 rings (SSSR count). The normalized spacial score (nSPS) is 17.2. The fraction of sp³-hybridized carbons (Fsp3) is 0.280. The van der Waals surface area contributed by atoms with Gasteiger partial charge in [-0.25, -0.2) is 0 Å². The number of aromatic nitrogens is 1. The number of hydrogen-bond acceptors (Lipinski definition) is 7. The summed E-state index contributed by atoms with van der Waals surface area (Å²) in [6, 6.07) is 11.5. The Hall–Kier alpha value is -4.34. The summed E-state index contributed by atoms with van der Waals surface area (Å²) in [6.45, 7) is 0.774. The van der Waals surface area contributed by atoms with Crippen molar-refractivity contribution in [2.75, 3.05) is 20.2 Å². The van der Waals surface area contributed by atoms with Crippen molar-refractivity contribution in [1.29, 1.82) is 0 Å². The number of piperidine rings is 1. The lowest BCUT2D eigenvalue weighted by Crippen LogP contribution is -2.52. The molecule has 10 heteroatoms. The standard InChI is InChI=1S/C25H25N5O5/c1-34-21-4-2-3-15-18(31)12-17(28-22(15)21)24(33)30-9-7-25(8-10-30)13-19(32)16-11-14(23(26)29-27)5-6-20(16)35-25/h2-6,11-12H,7-10,13,27H2,1H3,(H2,26,29)(H,28,31). The Labute approximate surface area is 200 Å². The van der Waals surface area contributed by atoms with Crippen molar-refractivity contribution < 1.29 is 19.1 Å². The number of carbonyl (C=O) groups is 2. The summed E-state index contributed by atoms with van der Waals surface area (Å²) >= 11 is 0. The van der Waals surface area contributed by atoms with Crippen molar-refractivity contribution in [3.63, 3.8) is 0 Å². The van der Waals surface area contributed by atoms with Crippen LogP contribution in [-0.2, 0) is 0 Å². The molecule has 1 spiro atoms. The molecule has 5 N–H and O–H groups in total. The largest absolute Gasteiger partial charge is 0.495 e. The Morgan fingerprint density at radius 3 is 2.66 bits per heavy atom. The van der Waals surface area contributed by atoms with Gasteiger partial charge >= 0.3 is 0 Å². The number of amidine groups is 1. The first kappa shape index (κ1) is 22.5. The number of rotatable bonds is 3. The summed E-state index contributed by atoms with van der Waals surface area (Å²) in [5, 5.41) is 3.93. The Morgan fingerprint density at radius 2 is 1.94 bits per heavy atom. The number of Topliss-reactive ketones (excluding diaryl/α,β-unsaturated/α-hetero) is 1. The first-order chi connectivity index (χ1) is 16.8. The second-order valence-electron chi connectivity index (χ2n) is 8.83. The number of ketones is 1. The Bertz CT molecular complexity index is 1440. The second-order valence-corrected chi connectivity index (χ2v) is 8.83. The van der Waals surface area contributed by atoms with Gasteiger partial charge in [-0.1, -0.05) is 6.07 Å². The highest BCUT2D eigenvalue weighted by Gasteiger charge is 2.44. The van der Waals surface area contributed by atoms with Gasteiger partial charge in [0.05, 0.1) is 24.6 Å². The maximum Gasteiger partial charge on any atom is 0.270 e. The summed E-state index contributed by atoms with van der Waals surface area (Å²) in [4.78, 5) is 43.5. The van der Waals surface area contributed by atoms with Crippen LogP contribution in [0, 0.1) is 0 Å². The minimum atomic E-state index is -0.685. The molecule has 3 aromatic rings. The second kappa shape index (κ2) is 8.46. The number of para-hydroxylation sites is 1. The molecule has 10 nitrogen and oxygen atoms in total. The van der Waals surface area contributed by atoms with Crippen LogP contribution in [0.3, 0.4) is 0 Å². The van der Waals surface area contributed by atoms with E-state index in [1.165, 1.54) is 13.2 Å². The summed E-state index contributed by atoms with van der Waals surface area (Å²) in [6.07, 6.45) is 1.17. The predicted molar refractivity (Wildman–Crippen MR) is 130 cm³/mol. The lowest BCUT2D eigenvalue weighted by molar-refractivity contribution is -0.00584. The summed E-state index contributed by atoms with van der Waals surface area (Å²) < 4.78 is 11.6. The first-order valence-corrected chi connectivity index (χ1v) is 11.2. The molecule has 0 aliphatic carbocycles. The highest BCUT2D eigenvalue weighted by molar-refractivity contribution is 6.04. The van der Waals surface area contributed by atoms with Crippen molar-refractivity contribution >= 4 is 28.4 Å². The van der Waals surface area contributed by atoms with E-state index in [4.69, 9.17) is 21.1 Å². The van der Waals surface area contributed by atoms with Gasteiger partial charge in [0.25, 0.3) is 5.91 Å². The number of amides is 1. The molecule has 2 aliphatic heterocycles. The number of ether oxygens (including phenoxy) is 2. The van der Waals surface area contributed by atoms with Crippen LogP contribution in [0.25, 0.3) is 10.9 Å². The lowest BCUT2D eigenvalue weighted by Gasteiger charge is -2.44. The Kier molecular flexibility index (Phi) is 5.43. The van der Waals surface area contributed by atoms with Crippen molar-refractivity contribution in [3.05, 3.63) is 69.5 Å². The smallest absolute Gasteiger partial charge is 0.270 e. The van der Waals surface area contributed by atoms with E-state index in [1.54, 1.807) is 41.3 Å². The number of nitrogens with two attached hydrogens (primary N) is 2. The van der Waals surface area contributed by atoms with Crippen LogP contribution in [0.4, 0.5) is 0 Å². The molecule has 35 heavy (non-hydrogen) atoms. The van der Waals surface area contributed by atoms with Crippen molar-refractivity contribution in [2.45, 2.75) is 24.9 Å².